The Morgan fingerprint density at radius 1 is 1.08 bits per heavy atom. The highest BCUT2D eigenvalue weighted by molar-refractivity contribution is 6.19. The molecule has 26 heavy (non-hydrogen) atoms. The molecule has 2 heterocycles. The van der Waals surface area contributed by atoms with E-state index in [2.05, 4.69) is 5.16 Å². The largest absolute Gasteiger partial charge is 0.355 e. The molecule has 1 saturated heterocycles. The third-order valence-corrected chi connectivity index (χ3v) is 4.90. The third kappa shape index (κ3) is 2.22. The predicted molar refractivity (Wildman–Crippen MR) is 98.0 cm³/mol. The zero-order chi connectivity index (χ0) is 18.5. The molecule has 2 aromatic carbocycles. The number of benzene rings is 2. The Bertz CT molecular complexity index is 939. The smallest absolute Gasteiger partial charge is 0.334 e. The van der Waals surface area contributed by atoms with E-state index in [9.17, 15) is 9.59 Å². The van der Waals surface area contributed by atoms with Gasteiger partial charge >= 0.3 is 11.8 Å². The number of amides is 3. The van der Waals surface area contributed by atoms with Gasteiger partial charge in [0.15, 0.2) is 0 Å². The molecule has 0 aliphatic carbocycles. The fourth-order valence-corrected chi connectivity index (χ4v) is 3.45. The van der Waals surface area contributed by atoms with Gasteiger partial charge in [-0.1, -0.05) is 47.6 Å². The molecule has 0 aromatic heterocycles. The van der Waals surface area contributed by atoms with E-state index in [1.165, 1.54) is 11.9 Å². The molecular weight excluding hydrogens is 330 g/mol. The van der Waals surface area contributed by atoms with Crippen molar-refractivity contribution < 1.29 is 14.4 Å². The number of hydrogen-bond donors (Lipinski definition) is 0. The summed E-state index contributed by atoms with van der Waals surface area (Å²) >= 11 is 0. The zero-order valence-corrected chi connectivity index (χ0v) is 14.9. The van der Waals surface area contributed by atoms with Crippen LogP contribution in [0.3, 0.4) is 0 Å². The van der Waals surface area contributed by atoms with Gasteiger partial charge in [0, 0.05) is 7.05 Å². The first-order chi connectivity index (χ1) is 12.4. The summed E-state index contributed by atoms with van der Waals surface area (Å²) < 4.78 is 0. The maximum atomic E-state index is 13.0. The summed E-state index contributed by atoms with van der Waals surface area (Å²) in [5.41, 5.74) is 2.62. The van der Waals surface area contributed by atoms with Gasteiger partial charge in [-0.05, 0) is 36.6 Å². The van der Waals surface area contributed by atoms with Gasteiger partial charge in [0.2, 0.25) is 0 Å². The van der Waals surface area contributed by atoms with Crippen molar-refractivity contribution in [2.45, 2.75) is 26.0 Å². The maximum absolute atomic E-state index is 13.0. The molecule has 1 unspecified atom stereocenters. The van der Waals surface area contributed by atoms with Crippen molar-refractivity contribution in [3.8, 4) is 0 Å². The number of rotatable bonds is 2. The van der Waals surface area contributed by atoms with E-state index >= 15 is 0 Å². The van der Waals surface area contributed by atoms with Crippen LogP contribution in [0.25, 0.3) is 0 Å². The number of nitrogens with zero attached hydrogens (tertiary/aromatic N) is 3. The Hall–Kier alpha value is -3.15. The van der Waals surface area contributed by atoms with Gasteiger partial charge in [-0.25, -0.2) is 9.69 Å². The van der Waals surface area contributed by atoms with Gasteiger partial charge in [0.1, 0.15) is 0 Å². The Morgan fingerprint density at radius 2 is 1.81 bits per heavy atom. The first kappa shape index (κ1) is 16.3. The monoisotopic (exact) mass is 349 g/mol. The number of carbonyl (C=O) groups is 2. The minimum atomic E-state index is -1.46. The number of anilines is 1. The number of urea groups is 1. The summed E-state index contributed by atoms with van der Waals surface area (Å²) in [4.78, 5) is 34.1. The Morgan fingerprint density at radius 3 is 2.54 bits per heavy atom. The van der Waals surface area contributed by atoms with Gasteiger partial charge < -0.3 is 4.84 Å². The molecule has 4 rings (SSSR count). The second kappa shape index (κ2) is 5.69. The molecule has 1 spiro atoms. The van der Waals surface area contributed by atoms with Crippen molar-refractivity contribution in [1.82, 2.24) is 4.90 Å². The summed E-state index contributed by atoms with van der Waals surface area (Å²) in [6.45, 7) is 3.86. The van der Waals surface area contributed by atoms with Crippen LogP contribution < -0.4 is 4.90 Å². The number of aryl methyl sites for hydroxylation is 2. The lowest BCUT2D eigenvalue weighted by Gasteiger charge is -2.30. The van der Waals surface area contributed by atoms with Crippen LogP contribution in [0, 0.1) is 13.8 Å². The molecular formula is C20H19N3O3. The van der Waals surface area contributed by atoms with Gasteiger partial charge in [-0.3, -0.25) is 9.69 Å². The van der Waals surface area contributed by atoms with E-state index in [0.717, 1.165) is 21.6 Å². The maximum Gasteiger partial charge on any atom is 0.334 e. The Balaban J connectivity index is 1.80. The van der Waals surface area contributed by atoms with Gasteiger partial charge in [-0.2, -0.15) is 0 Å². The molecule has 1 atom stereocenters. The van der Waals surface area contributed by atoms with Crippen LogP contribution in [0.5, 0.6) is 0 Å². The van der Waals surface area contributed by atoms with Crippen molar-refractivity contribution >= 4 is 23.3 Å². The van der Waals surface area contributed by atoms with E-state index in [-0.39, 0.29) is 6.42 Å². The van der Waals surface area contributed by atoms with Gasteiger partial charge in [-0.15, -0.1) is 0 Å². The molecule has 0 bridgehead atoms. The number of likely N-dealkylation sites (N-methyl/N-ethyl adjacent to an activating group) is 1. The molecule has 2 aromatic rings. The molecule has 2 aliphatic rings. The van der Waals surface area contributed by atoms with Gasteiger partial charge in [0.05, 0.1) is 17.8 Å². The lowest BCUT2D eigenvalue weighted by Crippen LogP contribution is -2.50. The van der Waals surface area contributed by atoms with E-state index in [1.807, 2.05) is 62.4 Å². The zero-order valence-electron chi connectivity index (χ0n) is 14.9. The van der Waals surface area contributed by atoms with E-state index < -0.39 is 17.7 Å². The fourth-order valence-electron chi connectivity index (χ4n) is 3.45. The average molecular weight is 349 g/mol. The molecule has 6 nitrogen and oxygen atoms in total. The SMILES string of the molecule is Cc1ccc(C)c(N2C(=O)N(C)C(=O)C23CC(c2ccccc2)=NO3)c1. The molecule has 3 amide bonds. The van der Waals surface area contributed by atoms with Gasteiger partial charge in [0.25, 0.3) is 5.91 Å². The van der Waals surface area contributed by atoms with Crippen LogP contribution in [0.1, 0.15) is 23.1 Å². The summed E-state index contributed by atoms with van der Waals surface area (Å²) in [5, 5.41) is 4.16. The first-order valence-corrected chi connectivity index (χ1v) is 8.44. The average Bonchev–Trinajstić information content (AvgIpc) is 3.16. The standard InChI is InChI=1S/C20H19N3O3/c1-13-9-10-14(2)17(11-13)23-19(25)22(3)18(24)20(23)12-16(21-26-20)15-7-5-4-6-8-15/h4-11H,12H2,1-3H3. The minimum absolute atomic E-state index is 0.208. The summed E-state index contributed by atoms with van der Waals surface area (Å²) in [6.07, 6.45) is 0.208. The molecule has 1 fully saturated rings. The highest BCUT2D eigenvalue weighted by atomic mass is 16.7. The van der Waals surface area contributed by atoms with Crippen molar-refractivity contribution in [3.63, 3.8) is 0 Å². The summed E-state index contributed by atoms with van der Waals surface area (Å²) in [5.74, 6) is -0.405. The highest BCUT2D eigenvalue weighted by Crippen LogP contribution is 2.41. The van der Waals surface area contributed by atoms with Crippen LogP contribution in [0.4, 0.5) is 10.5 Å². The predicted octanol–water partition coefficient (Wildman–Crippen LogP) is 3.22. The van der Waals surface area contributed by atoms with Crippen LogP contribution in [-0.4, -0.2) is 35.3 Å². The molecule has 6 heteroatoms. The molecule has 0 radical (unpaired) electrons. The van der Waals surface area contributed by atoms with Crippen LogP contribution in [0.15, 0.2) is 53.7 Å². The number of hydrogen-bond acceptors (Lipinski definition) is 4. The molecule has 132 valence electrons. The Kier molecular flexibility index (Phi) is 3.57. The normalized spacial score (nSPS) is 22.2. The second-order valence-corrected chi connectivity index (χ2v) is 6.73. The van der Waals surface area contributed by atoms with Crippen molar-refractivity contribution in [3.05, 3.63) is 65.2 Å². The molecule has 0 N–H and O–H groups in total. The minimum Gasteiger partial charge on any atom is -0.355 e. The molecule has 0 saturated carbocycles. The number of imide groups is 1. The number of oxime groups is 1. The fraction of sp³-hybridized carbons (Fsp3) is 0.250. The van der Waals surface area contributed by atoms with Crippen LogP contribution in [-0.2, 0) is 9.63 Å². The van der Waals surface area contributed by atoms with E-state index in [4.69, 9.17) is 4.84 Å². The van der Waals surface area contributed by atoms with Crippen LogP contribution in [0.2, 0.25) is 0 Å². The Labute approximate surface area is 151 Å². The van der Waals surface area contributed by atoms with Crippen LogP contribution >= 0.6 is 0 Å². The topological polar surface area (TPSA) is 62.2 Å². The first-order valence-electron chi connectivity index (χ1n) is 8.44. The summed E-state index contributed by atoms with van der Waals surface area (Å²) in [6, 6.07) is 14.9. The number of carbonyl (C=O) groups excluding carboxylic acids is 2. The molecule has 2 aliphatic heterocycles. The highest BCUT2D eigenvalue weighted by Gasteiger charge is 2.62. The van der Waals surface area contributed by atoms with Crippen molar-refractivity contribution in [2.75, 3.05) is 11.9 Å². The van der Waals surface area contributed by atoms with Crippen molar-refractivity contribution in [1.29, 1.82) is 0 Å². The quantitative estimate of drug-likeness (QED) is 0.782. The summed E-state index contributed by atoms with van der Waals surface area (Å²) in [7, 11) is 1.47. The van der Waals surface area contributed by atoms with Crippen molar-refractivity contribution in [2.24, 2.45) is 5.16 Å². The van der Waals surface area contributed by atoms with E-state index in [0.29, 0.717) is 11.4 Å². The lowest BCUT2D eigenvalue weighted by molar-refractivity contribution is -0.144. The second-order valence-electron chi connectivity index (χ2n) is 6.73. The lowest BCUT2D eigenvalue weighted by atomic mass is 9.98. The third-order valence-electron chi connectivity index (χ3n) is 4.90. The van der Waals surface area contributed by atoms with E-state index in [1.54, 1.807) is 0 Å².